The molecule has 0 aliphatic heterocycles. The maximum atomic E-state index is 13.2. The molecule has 3 aromatic carbocycles. The van der Waals surface area contributed by atoms with Gasteiger partial charge in [-0.1, -0.05) is 18.2 Å². The molecule has 1 aromatic heterocycles. The minimum absolute atomic E-state index is 0.0181. The predicted molar refractivity (Wildman–Crippen MR) is 138 cm³/mol. The van der Waals surface area contributed by atoms with Crippen LogP contribution in [0.25, 0.3) is 11.0 Å². The Balaban J connectivity index is 1.65. The highest BCUT2D eigenvalue weighted by Crippen LogP contribution is 2.28. The Hall–Kier alpha value is -4.02. The number of furan rings is 1. The number of fused-ring (bicyclic) bond motifs is 1. The van der Waals surface area contributed by atoms with Crippen molar-refractivity contribution in [2.45, 2.75) is 11.4 Å². The summed E-state index contributed by atoms with van der Waals surface area (Å²) in [7, 11) is 2.09. The third-order valence-electron chi connectivity index (χ3n) is 5.50. The first-order chi connectivity index (χ1) is 17.2. The number of methoxy groups -OCH3 is 2. The molecule has 1 heterocycles. The third kappa shape index (κ3) is 5.45. The molecule has 2 N–H and O–H groups in total. The van der Waals surface area contributed by atoms with Crippen LogP contribution in [0.3, 0.4) is 0 Å². The van der Waals surface area contributed by atoms with Crippen molar-refractivity contribution in [2.24, 2.45) is 0 Å². The van der Waals surface area contributed by atoms with E-state index in [1.54, 1.807) is 24.3 Å². The fourth-order valence-corrected chi connectivity index (χ4v) is 4.56. The van der Waals surface area contributed by atoms with Gasteiger partial charge in [-0.2, -0.15) is 0 Å². The lowest BCUT2D eigenvalue weighted by molar-refractivity contribution is 0.102. The van der Waals surface area contributed by atoms with Gasteiger partial charge < -0.3 is 24.5 Å². The normalized spacial score (nSPS) is 11.5. The Bertz CT molecular complexity index is 1460. The van der Waals surface area contributed by atoms with E-state index >= 15 is 0 Å². The second-order valence-corrected chi connectivity index (χ2v) is 10.3. The summed E-state index contributed by atoms with van der Waals surface area (Å²) in [5.74, 6) is 1.18. The van der Waals surface area contributed by atoms with Crippen LogP contribution in [-0.2, 0) is 16.6 Å². The van der Waals surface area contributed by atoms with Crippen LogP contribution in [0.1, 0.15) is 16.1 Å². The van der Waals surface area contributed by atoms with Gasteiger partial charge in [-0.3, -0.25) is 4.79 Å². The second-order valence-electron chi connectivity index (χ2n) is 8.19. The van der Waals surface area contributed by atoms with Gasteiger partial charge in [-0.25, -0.2) is 12.7 Å². The van der Waals surface area contributed by atoms with Gasteiger partial charge in [0.15, 0.2) is 0 Å². The van der Waals surface area contributed by atoms with Crippen molar-refractivity contribution in [2.75, 3.05) is 38.9 Å². The number of sulfonamides is 1. The minimum Gasteiger partial charge on any atom is -0.497 e. The van der Waals surface area contributed by atoms with Crippen molar-refractivity contribution in [3.63, 3.8) is 0 Å². The molecular formula is C26H27N3O6S. The molecule has 0 radical (unpaired) electrons. The van der Waals surface area contributed by atoms with Crippen molar-refractivity contribution in [3.8, 4) is 11.5 Å². The molecule has 0 bridgehead atoms. The smallest absolute Gasteiger partial charge is 0.255 e. The van der Waals surface area contributed by atoms with Gasteiger partial charge in [-0.15, -0.1) is 0 Å². The van der Waals surface area contributed by atoms with Gasteiger partial charge in [0.2, 0.25) is 10.0 Å². The first-order valence-corrected chi connectivity index (χ1v) is 12.5. The molecule has 4 rings (SSSR count). The monoisotopic (exact) mass is 509 g/mol. The Kier molecular flexibility index (Phi) is 7.18. The van der Waals surface area contributed by atoms with Crippen molar-refractivity contribution in [1.82, 2.24) is 4.31 Å². The quantitative estimate of drug-likeness (QED) is 0.340. The lowest BCUT2D eigenvalue weighted by Gasteiger charge is -2.15. The number of nitrogens with zero attached hydrogens (tertiary/aromatic N) is 1. The number of hydrogen-bond acceptors (Lipinski definition) is 7. The summed E-state index contributed by atoms with van der Waals surface area (Å²) in [6.45, 7) is 0.300. The molecule has 0 saturated carbocycles. The first kappa shape index (κ1) is 25.1. The molecule has 9 nitrogen and oxygen atoms in total. The average molecular weight is 510 g/mol. The largest absolute Gasteiger partial charge is 0.497 e. The van der Waals surface area contributed by atoms with Crippen LogP contribution in [0.4, 0.5) is 11.4 Å². The maximum Gasteiger partial charge on any atom is 0.255 e. The van der Waals surface area contributed by atoms with Gasteiger partial charge in [-0.05, 0) is 30.3 Å². The molecule has 0 unspecified atom stereocenters. The van der Waals surface area contributed by atoms with Crippen LogP contribution in [0.5, 0.6) is 11.5 Å². The Morgan fingerprint density at radius 3 is 2.25 bits per heavy atom. The predicted octanol–water partition coefficient (Wildman–Crippen LogP) is 4.56. The van der Waals surface area contributed by atoms with Crippen molar-refractivity contribution in [3.05, 3.63) is 78.1 Å². The summed E-state index contributed by atoms with van der Waals surface area (Å²) in [5.41, 5.74) is 1.81. The lowest BCUT2D eigenvalue weighted by Crippen LogP contribution is -2.23. The number of para-hydroxylation sites is 1. The number of anilines is 2. The standard InChI is InChI=1S/C26H27N3O6S/c1-29(2)36(31,32)24-11-18(26(30)28-20-12-21(33-3)15-22(13-20)34-4)9-19(14-24)27-16-23-10-17-7-5-6-8-25(17)35-23/h5-15,27H,16H2,1-4H3,(H,28,30). The number of benzene rings is 3. The van der Waals surface area contributed by atoms with Gasteiger partial charge >= 0.3 is 0 Å². The van der Waals surface area contributed by atoms with Crippen LogP contribution in [-0.4, -0.2) is 46.9 Å². The van der Waals surface area contributed by atoms with E-state index < -0.39 is 15.9 Å². The van der Waals surface area contributed by atoms with Crippen LogP contribution >= 0.6 is 0 Å². The summed E-state index contributed by atoms with van der Waals surface area (Å²) >= 11 is 0. The van der Waals surface area contributed by atoms with Crippen LogP contribution in [0.15, 0.2) is 76.0 Å². The Morgan fingerprint density at radius 2 is 1.61 bits per heavy atom. The summed E-state index contributed by atoms with van der Waals surface area (Å²) in [5, 5.41) is 6.92. The fraction of sp³-hybridized carbons (Fsp3) is 0.192. The SMILES string of the molecule is COc1cc(NC(=O)c2cc(NCc3cc4ccccc4o3)cc(S(=O)(=O)N(C)C)c2)cc(OC)c1. The zero-order chi connectivity index (χ0) is 25.9. The highest BCUT2D eigenvalue weighted by Gasteiger charge is 2.21. The van der Waals surface area contributed by atoms with Gasteiger partial charge in [0, 0.05) is 54.6 Å². The molecule has 0 aliphatic carbocycles. The number of carbonyl (C=O) groups excluding carboxylic acids is 1. The molecule has 36 heavy (non-hydrogen) atoms. The Labute approximate surface area is 209 Å². The average Bonchev–Trinajstić information content (AvgIpc) is 3.30. The van der Waals surface area contributed by atoms with E-state index in [-0.39, 0.29) is 10.5 Å². The molecule has 1 amide bonds. The van der Waals surface area contributed by atoms with E-state index in [0.717, 1.165) is 15.3 Å². The van der Waals surface area contributed by atoms with Gasteiger partial charge in [0.1, 0.15) is 22.8 Å². The number of nitrogens with one attached hydrogen (secondary N) is 2. The topological polar surface area (TPSA) is 110 Å². The Morgan fingerprint density at radius 1 is 0.917 bits per heavy atom. The van der Waals surface area contributed by atoms with E-state index in [1.807, 2.05) is 30.3 Å². The molecule has 0 atom stereocenters. The van der Waals surface area contributed by atoms with Crippen molar-refractivity contribution >= 4 is 38.3 Å². The van der Waals surface area contributed by atoms with Gasteiger partial charge in [0.05, 0.1) is 25.7 Å². The summed E-state index contributed by atoms with van der Waals surface area (Å²) in [4.78, 5) is 13.1. The number of carbonyl (C=O) groups is 1. The number of rotatable bonds is 9. The third-order valence-corrected chi connectivity index (χ3v) is 7.29. The number of ether oxygens (including phenoxy) is 2. The van der Waals surface area contributed by atoms with Crippen molar-refractivity contribution in [1.29, 1.82) is 0 Å². The molecule has 0 fully saturated rings. The molecule has 10 heteroatoms. The van der Waals surface area contributed by atoms with Crippen LogP contribution in [0.2, 0.25) is 0 Å². The number of hydrogen-bond donors (Lipinski definition) is 2. The molecule has 0 saturated heterocycles. The van der Waals surface area contributed by atoms with E-state index in [2.05, 4.69) is 10.6 Å². The summed E-state index contributed by atoms with van der Waals surface area (Å²) in [6.07, 6.45) is 0. The fourth-order valence-electron chi connectivity index (χ4n) is 3.59. The van der Waals surface area contributed by atoms with E-state index in [1.165, 1.54) is 40.4 Å². The summed E-state index contributed by atoms with van der Waals surface area (Å²) < 4.78 is 43.2. The van der Waals surface area contributed by atoms with Crippen LogP contribution < -0.4 is 20.1 Å². The maximum absolute atomic E-state index is 13.2. The van der Waals surface area contributed by atoms with Gasteiger partial charge in [0.25, 0.3) is 5.91 Å². The zero-order valence-corrected chi connectivity index (χ0v) is 21.2. The molecule has 188 valence electrons. The van der Waals surface area contributed by atoms with E-state index in [9.17, 15) is 13.2 Å². The first-order valence-electron chi connectivity index (χ1n) is 11.0. The minimum atomic E-state index is -3.80. The molecule has 4 aromatic rings. The zero-order valence-electron chi connectivity index (χ0n) is 20.4. The van der Waals surface area contributed by atoms with E-state index in [4.69, 9.17) is 13.9 Å². The molecule has 0 spiro atoms. The highest BCUT2D eigenvalue weighted by atomic mass is 32.2. The molecular weight excluding hydrogens is 482 g/mol. The number of amides is 1. The molecule has 0 aliphatic rings. The second kappa shape index (κ2) is 10.3. The van der Waals surface area contributed by atoms with Crippen LogP contribution in [0, 0.1) is 0 Å². The van der Waals surface area contributed by atoms with Crippen molar-refractivity contribution < 1.29 is 27.1 Å². The highest BCUT2D eigenvalue weighted by molar-refractivity contribution is 7.89. The summed E-state index contributed by atoms with van der Waals surface area (Å²) in [6, 6.07) is 18.9. The van der Waals surface area contributed by atoms with E-state index in [0.29, 0.717) is 35.2 Å². The lowest BCUT2D eigenvalue weighted by atomic mass is 10.1.